The molecule has 1 fully saturated rings. The maximum atomic E-state index is 12.7. The second kappa shape index (κ2) is 8.55. The summed E-state index contributed by atoms with van der Waals surface area (Å²) in [5, 5.41) is 6.19. The van der Waals surface area contributed by atoms with Crippen LogP contribution in [0.1, 0.15) is 24.0 Å². The Bertz CT molecular complexity index is 1220. The minimum Gasteiger partial charge on any atom is -0.467 e. The van der Waals surface area contributed by atoms with E-state index in [9.17, 15) is 4.79 Å². The highest BCUT2D eigenvalue weighted by molar-refractivity contribution is 7.20. The Kier molecular flexibility index (Phi) is 5.47. The zero-order chi connectivity index (χ0) is 21.2. The van der Waals surface area contributed by atoms with Crippen LogP contribution >= 0.6 is 11.3 Å². The number of likely N-dealkylation sites (tertiary alicyclic amines) is 1. The van der Waals surface area contributed by atoms with E-state index in [1.807, 2.05) is 23.1 Å². The third-order valence-corrected chi connectivity index (χ3v) is 6.82. The Hall–Kier alpha value is -3.12. The number of aromatic nitrogens is 1. The average molecular weight is 432 g/mol. The van der Waals surface area contributed by atoms with E-state index in [4.69, 9.17) is 4.74 Å². The SMILES string of the molecule is Cc1cccc2sc(OC3CCN(C(=O)NCc4cccc5ccccc45)CC3)nc12. The normalized spacial score (nSPS) is 14.8. The molecular weight excluding hydrogens is 406 g/mol. The molecule has 158 valence electrons. The molecule has 1 aliphatic heterocycles. The molecule has 5 rings (SSSR count). The van der Waals surface area contributed by atoms with Crippen LogP contribution in [0.3, 0.4) is 0 Å². The standard InChI is InChI=1S/C25H25N3O2S/c1-17-6-4-11-22-23(17)27-25(31-22)30-20-12-14-28(15-13-20)24(29)26-16-19-9-5-8-18-7-2-3-10-21(18)19/h2-11,20H,12-16H2,1H3,(H,26,29). The zero-order valence-electron chi connectivity index (χ0n) is 17.5. The minimum atomic E-state index is -0.0120. The summed E-state index contributed by atoms with van der Waals surface area (Å²) in [7, 11) is 0. The number of piperidine rings is 1. The van der Waals surface area contributed by atoms with Gasteiger partial charge >= 0.3 is 6.03 Å². The summed E-state index contributed by atoms with van der Waals surface area (Å²) in [4.78, 5) is 19.2. The second-order valence-corrected chi connectivity index (χ2v) is 9.00. The van der Waals surface area contributed by atoms with Gasteiger partial charge in [0.1, 0.15) is 6.10 Å². The van der Waals surface area contributed by atoms with Crippen LogP contribution in [0.25, 0.3) is 21.0 Å². The molecule has 0 radical (unpaired) electrons. The zero-order valence-corrected chi connectivity index (χ0v) is 18.3. The number of urea groups is 1. The van der Waals surface area contributed by atoms with Gasteiger partial charge < -0.3 is 15.0 Å². The van der Waals surface area contributed by atoms with E-state index in [-0.39, 0.29) is 12.1 Å². The quantitative estimate of drug-likeness (QED) is 0.463. The lowest BCUT2D eigenvalue weighted by Gasteiger charge is -2.31. The first-order chi connectivity index (χ1) is 15.2. The monoisotopic (exact) mass is 431 g/mol. The molecule has 0 bridgehead atoms. The molecule has 31 heavy (non-hydrogen) atoms. The number of aryl methyl sites for hydroxylation is 1. The highest BCUT2D eigenvalue weighted by Gasteiger charge is 2.24. The highest BCUT2D eigenvalue weighted by Crippen LogP contribution is 2.31. The van der Waals surface area contributed by atoms with Crippen LogP contribution in [0.15, 0.2) is 60.7 Å². The summed E-state index contributed by atoms with van der Waals surface area (Å²) < 4.78 is 7.30. The largest absolute Gasteiger partial charge is 0.467 e. The van der Waals surface area contributed by atoms with Gasteiger partial charge in [0.25, 0.3) is 5.19 Å². The Labute approximate surface area is 185 Å². The van der Waals surface area contributed by atoms with Crippen LogP contribution in [0.4, 0.5) is 4.79 Å². The van der Waals surface area contributed by atoms with Gasteiger partial charge in [0.2, 0.25) is 0 Å². The fourth-order valence-electron chi connectivity index (χ4n) is 4.16. The van der Waals surface area contributed by atoms with Crippen molar-refractivity contribution in [2.45, 2.75) is 32.4 Å². The third-order valence-electron chi connectivity index (χ3n) is 5.91. The second-order valence-electron chi connectivity index (χ2n) is 8.00. The number of hydrogen-bond acceptors (Lipinski definition) is 4. The molecule has 2 heterocycles. The van der Waals surface area contributed by atoms with Crippen molar-refractivity contribution < 1.29 is 9.53 Å². The lowest BCUT2D eigenvalue weighted by atomic mass is 10.0. The average Bonchev–Trinajstić information content (AvgIpc) is 3.22. The Morgan fingerprint density at radius 3 is 2.71 bits per heavy atom. The number of para-hydroxylation sites is 1. The first-order valence-electron chi connectivity index (χ1n) is 10.7. The molecule has 3 aromatic carbocycles. The molecule has 0 atom stereocenters. The number of nitrogens with zero attached hydrogens (tertiary/aromatic N) is 2. The van der Waals surface area contributed by atoms with E-state index in [1.54, 1.807) is 11.3 Å². The number of fused-ring (bicyclic) bond motifs is 2. The van der Waals surface area contributed by atoms with Gasteiger partial charge in [-0.25, -0.2) is 9.78 Å². The van der Waals surface area contributed by atoms with E-state index in [2.05, 4.69) is 59.7 Å². The molecule has 2 amide bonds. The van der Waals surface area contributed by atoms with Crippen LogP contribution in [-0.4, -0.2) is 35.1 Å². The number of carbonyl (C=O) groups excluding carboxylic acids is 1. The summed E-state index contributed by atoms with van der Waals surface area (Å²) in [6, 6.07) is 20.7. The Balaban J connectivity index is 1.15. The molecule has 6 heteroatoms. The first kappa shape index (κ1) is 19.8. The molecule has 1 aliphatic rings. The first-order valence-corrected chi connectivity index (χ1v) is 11.5. The molecular formula is C25H25N3O2S. The number of hydrogen-bond donors (Lipinski definition) is 1. The summed E-state index contributed by atoms with van der Waals surface area (Å²) in [5.74, 6) is 0. The summed E-state index contributed by atoms with van der Waals surface area (Å²) in [5.41, 5.74) is 3.32. The molecule has 0 unspecified atom stereocenters. The molecule has 5 nitrogen and oxygen atoms in total. The van der Waals surface area contributed by atoms with Crippen LogP contribution in [0.5, 0.6) is 5.19 Å². The van der Waals surface area contributed by atoms with Crippen molar-refractivity contribution in [3.05, 3.63) is 71.8 Å². The molecule has 1 saturated heterocycles. The van der Waals surface area contributed by atoms with Gasteiger partial charge in [-0.3, -0.25) is 0 Å². The van der Waals surface area contributed by atoms with Crippen LogP contribution < -0.4 is 10.1 Å². The number of thiazole rings is 1. The Morgan fingerprint density at radius 2 is 1.87 bits per heavy atom. The van der Waals surface area contributed by atoms with Crippen molar-refractivity contribution in [2.24, 2.45) is 0 Å². The van der Waals surface area contributed by atoms with E-state index >= 15 is 0 Å². The van der Waals surface area contributed by atoms with E-state index < -0.39 is 0 Å². The van der Waals surface area contributed by atoms with Gasteiger partial charge in [-0.15, -0.1) is 0 Å². The van der Waals surface area contributed by atoms with Crippen molar-refractivity contribution in [3.8, 4) is 5.19 Å². The van der Waals surface area contributed by atoms with E-state index in [0.717, 1.165) is 33.8 Å². The van der Waals surface area contributed by atoms with Crippen molar-refractivity contribution in [1.29, 1.82) is 0 Å². The lowest BCUT2D eigenvalue weighted by molar-refractivity contribution is 0.111. The molecule has 0 aliphatic carbocycles. The summed E-state index contributed by atoms with van der Waals surface area (Å²) in [6.45, 7) is 3.98. The van der Waals surface area contributed by atoms with Gasteiger partial charge in [0.05, 0.1) is 10.2 Å². The molecule has 1 N–H and O–H groups in total. The lowest BCUT2D eigenvalue weighted by Crippen LogP contribution is -2.46. The minimum absolute atomic E-state index is 0.0120. The smallest absolute Gasteiger partial charge is 0.317 e. The fraction of sp³-hybridized carbons (Fsp3) is 0.280. The number of ether oxygens (including phenoxy) is 1. The maximum Gasteiger partial charge on any atom is 0.317 e. The van der Waals surface area contributed by atoms with Crippen molar-refractivity contribution in [3.63, 3.8) is 0 Å². The fourth-order valence-corrected chi connectivity index (χ4v) is 5.12. The third kappa shape index (κ3) is 4.21. The molecule has 1 aromatic heterocycles. The number of benzene rings is 3. The van der Waals surface area contributed by atoms with Crippen LogP contribution in [0, 0.1) is 6.92 Å². The van der Waals surface area contributed by atoms with Crippen molar-refractivity contribution >= 4 is 38.4 Å². The van der Waals surface area contributed by atoms with Gasteiger partial charge in [-0.05, 0) is 34.9 Å². The van der Waals surface area contributed by atoms with Gasteiger partial charge in [-0.1, -0.05) is 65.9 Å². The van der Waals surface area contributed by atoms with E-state index in [1.165, 1.54) is 16.3 Å². The predicted octanol–water partition coefficient (Wildman–Crippen LogP) is 5.51. The van der Waals surface area contributed by atoms with Crippen LogP contribution in [-0.2, 0) is 6.54 Å². The summed E-state index contributed by atoms with van der Waals surface area (Å²) in [6.07, 6.45) is 1.73. The van der Waals surface area contributed by atoms with Gasteiger partial charge in [-0.2, -0.15) is 0 Å². The van der Waals surface area contributed by atoms with Gasteiger partial charge in [0.15, 0.2) is 0 Å². The van der Waals surface area contributed by atoms with Crippen molar-refractivity contribution in [1.82, 2.24) is 15.2 Å². The maximum absolute atomic E-state index is 12.7. The highest BCUT2D eigenvalue weighted by atomic mass is 32.1. The topological polar surface area (TPSA) is 54.5 Å². The number of amides is 2. The molecule has 0 saturated carbocycles. The predicted molar refractivity (Wildman–Crippen MR) is 126 cm³/mol. The van der Waals surface area contributed by atoms with Crippen LogP contribution in [0.2, 0.25) is 0 Å². The van der Waals surface area contributed by atoms with Gasteiger partial charge in [0, 0.05) is 32.5 Å². The molecule has 4 aromatic rings. The Morgan fingerprint density at radius 1 is 1.10 bits per heavy atom. The van der Waals surface area contributed by atoms with E-state index in [0.29, 0.717) is 19.6 Å². The van der Waals surface area contributed by atoms with Crippen molar-refractivity contribution in [2.75, 3.05) is 13.1 Å². The number of carbonyl (C=O) groups is 1. The number of rotatable bonds is 4. The summed E-state index contributed by atoms with van der Waals surface area (Å²) >= 11 is 1.59. The number of nitrogens with one attached hydrogen (secondary N) is 1. The molecule has 0 spiro atoms.